The Labute approximate surface area is 274 Å². The second-order valence-corrected chi connectivity index (χ2v) is 11.5. The first-order chi connectivity index (χ1) is 23.1. The third kappa shape index (κ3) is 8.10. The maximum atomic E-state index is 10.8. The molecule has 1 aliphatic heterocycles. The highest BCUT2D eigenvalue weighted by Crippen LogP contribution is 2.35. The molecule has 1 aliphatic rings. The molecule has 0 spiro atoms. The molecule has 1 fully saturated rings. The maximum Gasteiger partial charge on any atom is 0.206 e. The van der Waals surface area contributed by atoms with Crippen LogP contribution >= 0.6 is 0 Å². The molecule has 0 bridgehead atoms. The van der Waals surface area contributed by atoms with E-state index in [9.17, 15) is 15.3 Å². The van der Waals surface area contributed by atoms with Gasteiger partial charge in [0.05, 0.1) is 30.9 Å². The smallest absolute Gasteiger partial charge is 0.206 e. The molecule has 6 rings (SSSR count). The summed E-state index contributed by atoms with van der Waals surface area (Å²) in [4.78, 5) is 4.74. The first-order valence-corrected chi connectivity index (χ1v) is 16.0. The summed E-state index contributed by atoms with van der Waals surface area (Å²) in [5, 5.41) is 34.2. The van der Waals surface area contributed by atoms with Gasteiger partial charge < -0.3 is 39.6 Å². The summed E-state index contributed by atoms with van der Waals surface area (Å²) < 4.78 is 25.8. The van der Waals surface area contributed by atoms with Crippen LogP contribution in [-0.4, -0.2) is 69.6 Å². The third-order valence-electron chi connectivity index (χ3n) is 8.13. The van der Waals surface area contributed by atoms with E-state index in [0.717, 1.165) is 29.5 Å². The van der Waals surface area contributed by atoms with Gasteiger partial charge in [0, 0.05) is 19.6 Å². The number of anilines is 1. The average Bonchev–Trinajstić information content (AvgIpc) is 3.62. The summed E-state index contributed by atoms with van der Waals surface area (Å²) in [5.41, 5.74) is 4.66. The van der Waals surface area contributed by atoms with Gasteiger partial charge in [-0.3, -0.25) is 4.57 Å². The number of para-hydroxylation sites is 2. The first kappa shape index (κ1) is 32.5. The van der Waals surface area contributed by atoms with Crippen molar-refractivity contribution in [3.05, 3.63) is 120 Å². The Morgan fingerprint density at radius 2 is 1.49 bits per heavy atom. The van der Waals surface area contributed by atoms with Gasteiger partial charge in [0.1, 0.15) is 24.9 Å². The molecule has 4 N–H and O–H groups in total. The molecule has 1 saturated heterocycles. The maximum absolute atomic E-state index is 10.8. The summed E-state index contributed by atoms with van der Waals surface area (Å²) in [7, 11) is 0. The summed E-state index contributed by atoms with van der Waals surface area (Å²) in [6.07, 6.45) is -2.70. The van der Waals surface area contributed by atoms with Crippen molar-refractivity contribution in [3.63, 3.8) is 0 Å². The van der Waals surface area contributed by atoms with Crippen molar-refractivity contribution in [3.8, 4) is 11.5 Å². The van der Waals surface area contributed by atoms with Gasteiger partial charge in [-0.05, 0) is 47.4 Å². The van der Waals surface area contributed by atoms with Crippen molar-refractivity contribution in [2.45, 2.75) is 50.5 Å². The fraction of sp³-hybridized carbons (Fsp3) is 0.324. The Morgan fingerprint density at radius 3 is 2.26 bits per heavy atom. The second-order valence-electron chi connectivity index (χ2n) is 11.5. The van der Waals surface area contributed by atoms with Crippen molar-refractivity contribution >= 4 is 17.0 Å². The Kier molecular flexibility index (Phi) is 11.0. The first-order valence-electron chi connectivity index (χ1n) is 16.0. The SMILES string of the molecule is OC[C@H]1O[C@@H](n2c(NCc3ccc(OCc4ccccc4)c(OCCCOCCc4ccccc4)c3)nc3ccccc32)[C@H](O)[C@@H]1O. The molecule has 0 saturated carbocycles. The summed E-state index contributed by atoms with van der Waals surface area (Å²) >= 11 is 0. The lowest BCUT2D eigenvalue weighted by Crippen LogP contribution is -2.33. The van der Waals surface area contributed by atoms with Gasteiger partial charge in [-0.2, -0.15) is 0 Å². The molecule has 10 nitrogen and oxygen atoms in total. The minimum atomic E-state index is -1.24. The Bertz CT molecular complexity index is 1700. The molecule has 4 atom stereocenters. The van der Waals surface area contributed by atoms with Crippen LogP contribution in [0, 0.1) is 0 Å². The van der Waals surface area contributed by atoms with Crippen molar-refractivity contribution in [2.75, 3.05) is 31.7 Å². The van der Waals surface area contributed by atoms with E-state index in [4.69, 9.17) is 23.9 Å². The van der Waals surface area contributed by atoms with E-state index in [-0.39, 0.29) is 0 Å². The summed E-state index contributed by atoms with van der Waals surface area (Å²) in [6.45, 7) is 2.09. The van der Waals surface area contributed by atoms with Gasteiger partial charge in [0.25, 0.3) is 0 Å². The zero-order valence-corrected chi connectivity index (χ0v) is 26.2. The van der Waals surface area contributed by atoms with E-state index < -0.39 is 31.1 Å². The molecular weight excluding hydrogens is 598 g/mol. The van der Waals surface area contributed by atoms with Gasteiger partial charge >= 0.3 is 0 Å². The fourth-order valence-corrected chi connectivity index (χ4v) is 5.61. The van der Waals surface area contributed by atoms with E-state index in [1.807, 2.05) is 91.0 Å². The molecular formula is C37H41N3O7. The third-order valence-corrected chi connectivity index (χ3v) is 8.13. The van der Waals surface area contributed by atoms with Crippen LogP contribution in [0.5, 0.6) is 11.5 Å². The molecule has 0 amide bonds. The lowest BCUT2D eigenvalue weighted by atomic mass is 10.1. The molecule has 2 heterocycles. The van der Waals surface area contributed by atoms with Crippen molar-refractivity contribution in [2.24, 2.45) is 0 Å². The van der Waals surface area contributed by atoms with Gasteiger partial charge in [0.15, 0.2) is 17.7 Å². The molecule has 1 aromatic heterocycles. The molecule has 0 aliphatic carbocycles. The van der Waals surface area contributed by atoms with E-state index in [0.29, 0.717) is 55.9 Å². The number of aromatic nitrogens is 2. The van der Waals surface area contributed by atoms with E-state index >= 15 is 0 Å². The average molecular weight is 640 g/mol. The van der Waals surface area contributed by atoms with Crippen molar-refractivity contribution in [1.82, 2.24) is 9.55 Å². The molecule has 246 valence electrons. The number of rotatable bonds is 16. The zero-order chi connectivity index (χ0) is 32.4. The molecule has 0 unspecified atom stereocenters. The molecule has 47 heavy (non-hydrogen) atoms. The number of hydrogen-bond acceptors (Lipinski definition) is 9. The van der Waals surface area contributed by atoms with E-state index in [1.165, 1.54) is 5.56 Å². The topological polar surface area (TPSA) is 127 Å². The number of imidazole rings is 1. The van der Waals surface area contributed by atoms with Gasteiger partial charge in [0.2, 0.25) is 5.95 Å². The number of fused-ring (bicyclic) bond motifs is 1. The van der Waals surface area contributed by atoms with Crippen LogP contribution in [0.4, 0.5) is 5.95 Å². The zero-order valence-electron chi connectivity index (χ0n) is 26.2. The monoisotopic (exact) mass is 639 g/mol. The van der Waals surface area contributed by atoms with Gasteiger partial charge in [-0.25, -0.2) is 4.98 Å². The Hall–Kier alpha value is -4.45. The van der Waals surface area contributed by atoms with Crippen molar-refractivity contribution in [1.29, 1.82) is 0 Å². The minimum absolute atomic E-state index is 0.385. The van der Waals surface area contributed by atoms with Crippen molar-refractivity contribution < 1.29 is 34.3 Å². The molecule has 4 aromatic carbocycles. The number of benzene rings is 4. The highest BCUT2D eigenvalue weighted by atomic mass is 16.6. The molecule has 0 radical (unpaired) electrons. The lowest BCUT2D eigenvalue weighted by molar-refractivity contribution is -0.0499. The quantitative estimate of drug-likeness (QED) is 0.112. The number of ether oxygens (including phenoxy) is 4. The number of nitrogens with one attached hydrogen (secondary N) is 1. The summed E-state index contributed by atoms with van der Waals surface area (Å²) in [5.74, 6) is 1.73. The molecule has 10 heteroatoms. The largest absolute Gasteiger partial charge is 0.490 e. The number of aliphatic hydroxyl groups excluding tert-OH is 3. The Morgan fingerprint density at radius 1 is 0.745 bits per heavy atom. The van der Waals surface area contributed by atoms with Crippen LogP contribution in [0.15, 0.2) is 103 Å². The number of hydrogen-bond donors (Lipinski definition) is 4. The lowest BCUT2D eigenvalue weighted by Gasteiger charge is -2.20. The van der Waals surface area contributed by atoms with Gasteiger partial charge in [-0.15, -0.1) is 0 Å². The van der Waals surface area contributed by atoms with Crippen LogP contribution in [-0.2, 0) is 29.0 Å². The predicted octanol–water partition coefficient (Wildman–Crippen LogP) is 4.87. The summed E-state index contributed by atoms with van der Waals surface area (Å²) in [6, 6.07) is 33.6. The highest BCUT2D eigenvalue weighted by Gasteiger charge is 2.44. The van der Waals surface area contributed by atoms with Gasteiger partial charge in [-0.1, -0.05) is 78.9 Å². The predicted molar refractivity (Wildman–Crippen MR) is 178 cm³/mol. The van der Waals surface area contributed by atoms with E-state index in [1.54, 1.807) is 4.57 Å². The molecule has 5 aromatic rings. The minimum Gasteiger partial charge on any atom is -0.490 e. The van der Waals surface area contributed by atoms with Crippen LogP contribution < -0.4 is 14.8 Å². The highest BCUT2D eigenvalue weighted by molar-refractivity contribution is 5.78. The van der Waals surface area contributed by atoms with Crippen LogP contribution in [0.25, 0.3) is 11.0 Å². The normalized spacial score (nSPS) is 19.2. The van der Waals surface area contributed by atoms with Crippen LogP contribution in [0.3, 0.4) is 0 Å². The fourth-order valence-electron chi connectivity index (χ4n) is 5.61. The van der Waals surface area contributed by atoms with E-state index in [2.05, 4.69) is 17.4 Å². The van der Waals surface area contributed by atoms with Crippen LogP contribution in [0.2, 0.25) is 0 Å². The Balaban J connectivity index is 1.13. The second kappa shape index (κ2) is 15.9. The van der Waals surface area contributed by atoms with Crippen LogP contribution in [0.1, 0.15) is 29.3 Å². The standard InChI is InChI=1S/C37H41N3O7/c41-24-33-34(42)35(43)36(47-33)40-30-15-8-7-14-29(30)39-37(40)38-23-28-16-17-31(46-25-27-12-5-2-6-13-27)32(22-28)45-20-9-19-44-21-18-26-10-3-1-4-11-26/h1-8,10-17,22,33-36,41-43H,9,18-21,23-25H2,(H,38,39)/t33-,34-,35-,36-/m1/s1. The number of aliphatic hydroxyl groups is 3. The number of nitrogens with zero attached hydrogens (tertiary/aromatic N) is 2.